The number of hydrogen-bond donors (Lipinski definition) is 0. The third-order valence-corrected chi connectivity index (χ3v) is 5.28. The summed E-state index contributed by atoms with van der Waals surface area (Å²) < 4.78 is 10.8. The van der Waals surface area contributed by atoms with Crippen molar-refractivity contribution in [2.45, 2.75) is 20.0 Å². The van der Waals surface area contributed by atoms with Gasteiger partial charge in [0.1, 0.15) is 0 Å². The average Bonchev–Trinajstić information content (AvgIpc) is 2.70. The van der Waals surface area contributed by atoms with E-state index in [4.69, 9.17) is 9.47 Å². The third kappa shape index (κ3) is 4.61. The number of ether oxygens (including phenoxy) is 2. The Morgan fingerprint density at radius 2 is 1.46 bits per heavy atom. The number of hydrogen-bond acceptors (Lipinski definition) is 6. The first kappa shape index (κ1) is 20.1. The maximum absolute atomic E-state index is 11.2. The molecule has 2 aromatic rings. The van der Waals surface area contributed by atoms with Crippen molar-refractivity contribution < 1.29 is 14.4 Å². The summed E-state index contributed by atoms with van der Waals surface area (Å²) in [5.41, 5.74) is 3.38. The maximum atomic E-state index is 11.2. The van der Waals surface area contributed by atoms with Gasteiger partial charge in [-0.2, -0.15) is 0 Å². The van der Waals surface area contributed by atoms with E-state index in [1.807, 2.05) is 24.3 Å². The van der Waals surface area contributed by atoms with Gasteiger partial charge < -0.3 is 9.47 Å². The Balaban J connectivity index is 1.60. The fourth-order valence-corrected chi connectivity index (χ4v) is 3.60. The topological polar surface area (TPSA) is 68.1 Å². The van der Waals surface area contributed by atoms with Crippen LogP contribution in [0.5, 0.6) is 11.5 Å². The monoisotopic (exact) mass is 385 g/mol. The van der Waals surface area contributed by atoms with Crippen molar-refractivity contribution in [3.8, 4) is 11.5 Å². The van der Waals surface area contributed by atoms with Gasteiger partial charge in [-0.1, -0.05) is 18.2 Å². The van der Waals surface area contributed by atoms with E-state index < -0.39 is 0 Å². The Kier molecular flexibility index (Phi) is 6.49. The van der Waals surface area contributed by atoms with Crippen LogP contribution in [0.3, 0.4) is 0 Å². The van der Waals surface area contributed by atoms with Crippen LogP contribution in [-0.4, -0.2) is 55.1 Å². The second kappa shape index (κ2) is 9.03. The van der Waals surface area contributed by atoms with E-state index in [-0.39, 0.29) is 10.6 Å². The van der Waals surface area contributed by atoms with E-state index in [1.165, 1.54) is 11.1 Å². The largest absolute Gasteiger partial charge is 0.493 e. The Hall–Kier alpha value is -2.64. The van der Waals surface area contributed by atoms with Gasteiger partial charge in [-0.3, -0.25) is 19.9 Å². The Bertz CT molecular complexity index is 832. The molecule has 150 valence electrons. The molecule has 1 heterocycles. The van der Waals surface area contributed by atoms with Gasteiger partial charge in [0, 0.05) is 50.9 Å². The van der Waals surface area contributed by atoms with Gasteiger partial charge in [0.15, 0.2) is 11.5 Å². The summed E-state index contributed by atoms with van der Waals surface area (Å²) in [6, 6.07) is 11.1. The van der Waals surface area contributed by atoms with Crippen LogP contribution >= 0.6 is 0 Å². The summed E-state index contributed by atoms with van der Waals surface area (Å²) in [6.45, 7) is 7.17. The number of piperazine rings is 1. The molecule has 28 heavy (non-hydrogen) atoms. The van der Waals surface area contributed by atoms with Gasteiger partial charge in [-0.05, 0) is 30.2 Å². The molecule has 2 aromatic carbocycles. The molecule has 7 heteroatoms. The number of nitro groups is 1. The van der Waals surface area contributed by atoms with Crippen molar-refractivity contribution in [2.75, 3.05) is 40.4 Å². The Morgan fingerprint density at radius 1 is 0.929 bits per heavy atom. The molecule has 7 nitrogen and oxygen atoms in total. The minimum Gasteiger partial charge on any atom is -0.493 e. The third-order valence-electron chi connectivity index (χ3n) is 5.28. The quantitative estimate of drug-likeness (QED) is 0.538. The van der Waals surface area contributed by atoms with E-state index in [0.29, 0.717) is 6.54 Å². The molecule has 0 aromatic heterocycles. The first-order valence-corrected chi connectivity index (χ1v) is 9.40. The molecule has 0 aliphatic carbocycles. The Labute approximate surface area is 165 Å². The second-order valence-corrected chi connectivity index (χ2v) is 7.07. The molecule has 0 spiro atoms. The minimum atomic E-state index is -0.300. The van der Waals surface area contributed by atoms with Crippen LogP contribution in [0.1, 0.15) is 16.7 Å². The molecule has 1 fully saturated rings. The number of nitro benzene ring substituents is 1. The summed E-state index contributed by atoms with van der Waals surface area (Å²) in [6.07, 6.45) is 0. The van der Waals surface area contributed by atoms with E-state index >= 15 is 0 Å². The molecule has 1 aliphatic rings. The highest BCUT2D eigenvalue weighted by Crippen LogP contribution is 2.31. The predicted molar refractivity (Wildman–Crippen MR) is 108 cm³/mol. The number of aryl methyl sites for hydroxylation is 1. The van der Waals surface area contributed by atoms with Crippen LogP contribution in [0.2, 0.25) is 0 Å². The smallest absolute Gasteiger partial charge is 0.273 e. The van der Waals surface area contributed by atoms with Crippen molar-refractivity contribution in [1.82, 2.24) is 9.80 Å². The second-order valence-electron chi connectivity index (χ2n) is 7.07. The fourth-order valence-electron chi connectivity index (χ4n) is 3.60. The van der Waals surface area contributed by atoms with Gasteiger partial charge in [-0.15, -0.1) is 0 Å². The molecule has 0 N–H and O–H groups in total. The summed E-state index contributed by atoms with van der Waals surface area (Å²) in [4.78, 5) is 15.6. The zero-order valence-electron chi connectivity index (χ0n) is 16.7. The zero-order chi connectivity index (χ0) is 20.1. The van der Waals surface area contributed by atoms with Crippen LogP contribution in [0.15, 0.2) is 36.4 Å². The summed E-state index contributed by atoms with van der Waals surface area (Å²) >= 11 is 0. The lowest BCUT2D eigenvalue weighted by atomic mass is 10.1. The highest BCUT2D eigenvalue weighted by Gasteiger charge is 2.21. The van der Waals surface area contributed by atoms with E-state index in [2.05, 4.69) is 16.7 Å². The molecule has 0 saturated carbocycles. The SMILES string of the molecule is COc1cc(C)c(CN2CCN(Cc3ccccc3[N+](=O)[O-])CC2)cc1OC. The number of benzene rings is 2. The molecular weight excluding hydrogens is 358 g/mol. The van der Waals surface area contributed by atoms with Crippen molar-refractivity contribution in [2.24, 2.45) is 0 Å². The Morgan fingerprint density at radius 3 is 2.04 bits per heavy atom. The zero-order valence-corrected chi connectivity index (χ0v) is 16.7. The summed E-state index contributed by atoms with van der Waals surface area (Å²) in [5, 5.41) is 11.2. The normalized spacial score (nSPS) is 15.4. The molecule has 1 saturated heterocycles. The lowest BCUT2D eigenvalue weighted by Gasteiger charge is -2.35. The van der Waals surface area contributed by atoms with Gasteiger partial charge in [0.05, 0.1) is 19.1 Å². The highest BCUT2D eigenvalue weighted by atomic mass is 16.6. The van der Waals surface area contributed by atoms with Crippen molar-refractivity contribution in [3.63, 3.8) is 0 Å². The molecule has 0 amide bonds. The van der Waals surface area contributed by atoms with Crippen molar-refractivity contribution >= 4 is 5.69 Å². The number of nitrogens with zero attached hydrogens (tertiary/aromatic N) is 3. The fraction of sp³-hybridized carbons (Fsp3) is 0.429. The molecule has 0 radical (unpaired) electrons. The van der Waals surface area contributed by atoms with Crippen LogP contribution in [0, 0.1) is 17.0 Å². The molecule has 0 atom stereocenters. The van der Waals surface area contributed by atoms with E-state index in [0.717, 1.165) is 49.8 Å². The molecule has 0 unspecified atom stereocenters. The van der Waals surface area contributed by atoms with Crippen LogP contribution < -0.4 is 9.47 Å². The van der Waals surface area contributed by atoms with Crippen LogP contribution in [-0.2, 0) is 13.1 Å². The van der Waals surface area contributed by atoms with Gasteiger partial charge in [0.25, 0.3) is 5.69 Å². The lowest BCUT2D eigenvalue weighted by molar-refractivity contribution is -0.385. The minimum absolute atomic E-state index is 0.200. The maximum Gasteiger partial charge on any atom is 0.273 e. The number of para-hydroxylation sites is 1. The highest BCUT2D eigenvalue weighted by molar-refractivity contribution is 5.47. The average molecular weight is 385 g/mol. The molecule has 1 aliphatic heterocycles. The number of methoxy groups -OCH3 is 2. The summed E-state index contributed by atoms with van der Waals surface area (Å²) in [5.74, 6) is 1.50. The molecular formula is C21H27N3O4. The van der Waals surface area contributed by atoms with Crippen molar-refractivity contribution in [1.29, 1.82) is 0 Å². The van der Waals surface area contributed by atoms with Crippen LogP contribution in [0.25, 0.3) is 0 Å². The molecule has 0 bridgehead atoms. The van der Waals surface area contributed by atoms with E-state index in [9.17, 15) is 10.1 Å². The van der Waals surface area contributed by atoms with Crippen molar-refractivity contribution in [3.05, 3.63) is 63.2 Å². The van der Waals surface area contributed by atoms with Gasteiger partial charge in [0.2, 0.25) is 0 Å². The summed E-state index contributed by atoms with van der Waals surface area (Å²) in [7, 11) is 3.30. The number of rotatable bonds is 7. The standard InChI is InChI=1S/C21H27N3O4/c1-16-12-20(27-2)21(28-3)13-18(16)15-23-10-8-22(9-11-23)14-17-6-4-5-7-19(17)24(25)26/h4-7,12-13H,8-11,14-15H2,1-3H3. The van der Waals surface area contributed by atoms with Gasteiger partial charge in [-0.25, -0.2) is 0 Å². The van der Waals surface area contributed by atoms with E-state index in [1.54, 1.807) is 26.4 Å². The van der Waals surface area contributed by atoms with Gasteiger partial charge >= 0.3 is 0 Å². The molecule has 3 rings (SSSR count). The first-order valence-electron chi connectivity index (χ1n) is 9.40. The first-order chi connectivity index (χ1) is 13.5. The van der Waals surface area contributed by atoms with Crippen LogP contribution in [0.4, 0.5) is 5.69 Å². The predicted octanol–water partition coefficient (Wildman–Crippen LogP) is 3.24. The lowest BCUT2D eigenvalue weighted by Crippen LogP contribution is -2.45.